The Morgan fingerprint density at radius 1 is 1.42 bits per heavy atom. The maximum absolute atomic E-state index is 12.3. The molecule has 1 aromatic heterocycles. The Morgan fingerprint density at radius 3 is 2.96 bits per heavy atom. The van der Waals surface area contributed by atoms with Gasteiger partial charge < -0.3 is 19.5 Å². The molecule has 2 aliphatic rings. The minimum absolute atomic E-state index is 0.0762. The maximum Gasteiger partial charge on any atom is 0.246 e. The first-order valence-electron chi connectivity index (χ1n) is 8.17. The summed E-state index contributed by atoms with van der Waals surface area (Å²) in [5.74, 6) is 1.02. The summed E-state index contributed by atoms with van der Waals surface area (Å²) in [5.41, 5.74) is 1.29. The van der Waals surface area contributed by atoms with E-state index in [-0.39, 0.29) is 18.7 Å². The number of aromatic nitrogens is 3. The summed E-state index contributed by atoms with van der Waals surface area (Å²) in [6, 6.07) is 3.58. The third-order valence-corrected chi connectivity index (χ3v) is 4.65. The third-order valence-electron chi connectivity index (χ3n) is 4.37. The molecule has 0 saturated carbocycles. The number of ether oxygens (including phenoxy) is 2. The van der Waals surface area contributed by atoms with Crippen molar-refractivity contribution in [2.75, 3.05) is 19.9 Å². The van der Waals surface area contributed by atoms with Crippen LogP contribution >= 0.6 is 11.6 Å². The molecule has 1 amide bonds. The Morgan fingerprint density at radius 2 is 2.23 bits per heavy atom. The lowest BCUT2D eigenvalue weighted by Gasteiger charge is -2.38. The molecule has 8 nitrogen and oxygen atoms in total. The highest BCUT2D eigenvalue weighted by atomic mass is 35.5. The van der Waals surface area contributed by atoms with Crippen LogP contribution < -0.4 is 9.47 Å². The monoisotopic (exact) mass is 376 g/mol. The molecule has 1 N–H and O–H groups in total. The van der Waals surface area contributed by atoms with E-state index in [1.807, 2.05) is 0 Å². The van der Waals surface area contributed by atoms with E-state index < -0.39 is 6.10 Å². The van der Waals surface area contributed by atoms with Gasteiger partial charge in [0.1, 0.15) is 5.69 Å². The lowest BCUT2D eigenvalue weighted by atomic mass is 10.1. The Kier molecular flexibility index (Phi) is 4.29. The first-order valence-corrected chi connectivity index (χ1v) is 8.55. The van der Waals surface area contributed by atoms with Crippen LogP contribution in [-0.4, -0.2) is 50.8 Å². The van der Waals surface area contributed by atoms with Crippen LogP contribution in [-0.2, 0) is 4.79 Å². The number of aliphatic hydroxyl groups is 1. The summed E-state index contributed by atoms with van der Waals surface area (Å²) in [6.07, 6.45) is 4.26. The molecule has 1 unspecified atom stereocenters. The van der Waals surface area contributed by atoms with Crippen molar-refractivity contribution >= 4 is 23.6 Å². The lowest BCUT2D eigenvalue weighted by Crippen LogP contribution is -2.50. The minimum atomic E-state index is -0.655. The molecule has 0 spiro atoms. The third kappa shape index (κ3) is 3.13. The highest BCUT2D eigenvalue weighted by Crippen LogP contribution is 2.40. The van der Waals surface area contributed by atoms with Gasteiger partial charge in [-0.25, -0.2) is 4.68 Å². The molecule has 3 heterocycles. The molecular formula is C17H17ClN4O4. The number of hydrogen-bond acceptors (Lipinski definition) is 6. The van der Waals surface area contributed by atoms with Crippen molar-refractivity contribution in [1.82, 2.24) is 19.9 Å². The van der Waals surface area contributed by atoms with Gasteiger partial charge in [0.15, 0.2) is 11.5 Å². The lowest BCUT2D eigenvalue weighted by molar-refractivity contribution is -0.131. The molecule has 9 heteroatoms. The van der Waals surface area contributed by atoms with E-state index in [2.05, 4.69) is 10.3 Å². The molecule has 0 radical (unpaired) electrons. The number of nitrogens with zero attached hydrogens (tertiary/aromatic N) is 4. The largest absolute Gasteiger partial charge is 0.454 e. The Balaban J connectivity index is 1.36. The van der Waals surface area contributed by atoms with Crippen LogP contribution in [0.2, 0.25) is 5.02 Å². The Bertz CT molecular complexity index is 874. The molecule has 0 aliphatic carbocycles. The van der Waals surface area contributed by atoms with E-state index in [9.17, 15) is 9.90 Å². The molecule has 2 aromatic rings. The number of aliphatic hydroxyl groups excluding tert-OH is 1. The number of likely N-dealkylation sites (tertiary alicyclic amines) is 1. The van der Waals surface area contributed by atoms with Gasteiger partial charge in [0.25, 0.3) is 0 Å². The van der Waals surface area contributed by atoms with E-state index in [1.54, 1.807) is 40.9 Å². The molecule has 4 rings (SSSR count). The maximum atomic E-state index is 12.3. The topological polar surface area (TPSA) is 89.7 Å². The van der Waals surface area contributed by atoms with E-state index in [0.29, 0.717) is 35.3 Å². The first-order chi connectivity index (χ1) is 12.5. The predicted octanol–water partition coefficient (Wildman–Crippen LogP) is 1.81. The highest BCUT2D eigenvalue weighted by Gasteiger charge is 2.32. The molecular weight excluding hydrogens is 360 g/mol. The normalized spacial score (nSPS) is 17.6. The van der Waals surface area contributed by atoms with Gasteiger partial charge in [0.05, 0.1) is 23.4 Å². The van der Waals surface area contributed by atoms with Crippen molar-refractivity contribution in [2.24, 2.45) is 0 Å². The van der Waals surface area contributed by atoms with E-state index in [0.717, 1.165) is 5.56 Å². The van der Waals surface area contributed by atoms with Crippen molar-refractivity contribution in [3.8, 4) is 11.5 Å². The summed E-state index contributed by atoms with van der Waals surface area (Å²) in [6.45, 7) is 2.88. The minimum Gasteiger partial charge on any atom is -0.454 e. The average molecular weight is 377 g/mol. The standard InChI is InChI=1S/C17H17ClN4O4/c1-10(23)14-8-22(20-19-14)12-6-21(7-12)16(24)3-2-11-4-13(18)17-15(5-11)25-9-26-17/h2-5,8,10,12,23H,6-7,9H2,1H3. The van der Waals surface area contributed by atoms with Crippen LogP contribution in [0.4, 0.5) is 0 Å². The summed E-state index contributed by atoms with van der Waals surface area (Å²) < 4.78 is 12.3. The second kappa shape index (κ2) is 6.62. The van der Waals surface area contributed by atoms with E-state index >= 15 is 0 Å². The second-order valence-electron chi connectivity index (χ2n) is 6.27. The highest BCUT2D eigenvalue weighted by molar-refractivity contribution is 6.32. The van der Waals surface area contributed by atoms with Gasteiger partial charge in [-0.1, -0.05) is 16.8 Å². The second-order valence-corrected chi connectivity index (χ2v) is 6.67. The zero-order chi connectivity index (χ0) is 18.3. The zero-order valence-corrected chi connectivity index (χ0v) is 14.8. The molecule has 2 aliphatic heterocycles. The Labute approximate surface area is 154 Å². The zero-order valence-electron chi connectivity index (χ0n) is 14.0. The number of fused-ring (bicyclic) bond motifs is 1. The van der Waals surface area contributed by atoms with Crippen molar-refractivity contribution in [3.63, 3.8) is 0 Å². The number of benzene rings is 1. The van der Waals surface area contributed by atoms with Crippen molar-refractivity contribution in [1.29, 1.82) is 0 Å². The quantitative estimate of drug-likeness (QED) is 0.818. The van der Waals surface area contributed by atoms with Crippen LogP contribution in [0.5, 0.6) is 11.5 Å². The summed E-state index contributed by atoms with van der Waals surface area (Å²) in [5, 5.41) is 17.9. The molecule has 1 saturated heterocycles. The smallest absolute Gasteiger partial charge is 0.246 e. The van der Waals surface area contributed by atoms with Gasteiger partial charge in [-0.2, -0.15) is 0 Å². The summed E-state index contributed by atoms with van der Waals surface area (Å²) >= 11 is 6.13. The number of carbonyl (C=O) groups excluding carboxylic acids is 1. The van der Waals surface area contributed by atoms with Crippen LogP contribution in [0.15, 0.2) is 24.4 Å². The number of carbonyl (C=O) groups is 1. The molecule has 1 fully saturated rings. The molecule has 1 aromatic carbocycles. The van der Waals surface area contributed by atoms with Crippen LogP contribution in [0, 0.1) is 0 Å². The first kappa shape index (κ1) is 16.9. The fourth-order valence-electron chi connectivity index (χ4n) is 2.82. The average Bonchev–Trinajstić information content (AvgIpc) is 3.21. The predicted molar refractivity (Wildman–Crippen MR) is 92.9 cm³/mol. The SMILES string of the molecule is CC(O)c1cn(C2CN(C(=O)C=Cc3cc(Cl)c4c(c3)OCO4)C2)nn1. The fraction of sp³-hybridized carbons (Fsp3) is 0.353. The number of halogens is 1. The van der Waals surface area contributed by atoms with Crippen LogP contribution in [0.1, 0.15) is 30.3 Å². The van der Waals surface area contributed by atoms with Gasteiger partial charge in [0.2, 0.25) is 12.7 Å². The molecule has 136 valence electrons. The molecule has 0 bridgehead atoms. The Hall–Kier alpha value is -2.58. The van der Waals surface area contributed by atoms with Gasteiger partial charge in [0, 0.05) is 19.2 Å². The number of amides is 1. The summed E-state index contributed by atoms with van der Waals surface area (Å²) in [7, 11) is 0. The molecule has 26 heavy (non-hydrogen) atoms. The molecule has 1 atom stereocenters. The van der Waals surface area contributed by atoms with Gasteiger partial charge in [-0.05, 0) is 30.7 Å². The van der Waals surface area contributed by atoms with Gasteiger partial charge in [-0.15, -0.1) is 5.10 Å². The van der Waals surface area contributed by atoms with Gasteiger partial charge >= 0.3 is 0 Å². The van der Waals surface area contributed by atoms with Crippen molar-refractivity contribution in [3.05, 3.63) is 40.7 Å². The van der Waals surface area contributed by atoms with Crippen molar-refractivity contribution in [2.45, 2.75) is 19.1 Å². The van der Waals surface area contributed by atoms with E-state index in [1.165, 1.54) is 6.08 Å². The number of rotatable bonds is 4. The number of hydrogen-bond donors (Lipinski definition) is 1. The van der Waals surface area contributed by atoms with E-state index in [4.69, 9.17) is 21.1 Å². The van der Waals surface area contributed by atoms with Crippen LogP contribution in [0.25, 0.3) is 6.08 Å². The van der Waals surface area contributed by atoms with Gasteiger partial charge in [-0.3, -0.25) is 4.79 Å². The summed E-state index contributed by atoms with van der Waals surface area (Å²) in [4.78, 5) is 14.0. The van der Waals surface area contributed by atoms with Crippen LogP contribution in [0.3, 0.4) is 0 Å². The van der Waals surface area contributed by atoms with Crippen molar-refractivity contribution < 1.29 is 19.4 Å². The fourth-order valence-corrected chi connectivity index (χ4v) is 3.09.